The fraction of sp³-hybridized carbons (Fsp3) is 0.111. The number of carbonyl (C=O) groups excluding carboxylic acids is 2. The highest BCUT2D eigenvalue weighted by atomic mass is 79.9. The summed E-state index contributed by atoms with van der Waals surface area (Å²) in [5.74, 6) is 0.0324. The normalized spacial score (nSPS) is 11.2. The molecule has 276 valence electrons. The number of aryl methyl sites for hydroxylation is 4. The molecular weight excluding hydrogens is 798 g/mol. The maximum Gasteiger partial charge on any atom is 0.490 e. The lowest BCUT2D eigenvalue weighted by atomic mass is 9.82. The van der Waals surface area contributed by atoms with E-state index < -0.39 is 18.9 Å². The van der Waals surface area contributed by atoms with Crippen LogP contribution in [0, 0.1) is 27.7 Å². The van der Waals surface area contributed by atoms with Crippen LogP contribution >= 0.6 is 39.1 Å². The molecule has 0 bridgehead atoms. The molecule has 14 nitrogen and oxygen atoms in total. The highest BCUT2D eigenvalue weighted by Gasteiger charge is 2.12. The van der Waals surface area contributed by atoms with Gasteiger partial charge >= 0.3 is 7.12 Å². The van der Waals surface area contributed by atoms with Gasteiger partial charge in [-0.1, -0.05) is 63.7 Å². The summed E-state index contributed by atoms with van der Waals surface area (Å²) in [6.45, 7) is 8.09. The number of nitrogens with zero attached hydrogens (tertiary/aromatic N) is 8. The molecule has 4 aromatic heterocycles. The summed E-state index contributed by atoms with van der Waals surface area (Å²) in [4.78, 5) is 38.8. The van der Waals surface area contributed by atoms with Crippen molar-refractivity contribution in [3.8, 4) is 22.8 Å². The summed E-state index contributed by atoms with van der Waals surface area (Å²) < 4.78 is 3.15. The molecule has 4 heterocycles. The van der Waals surface area contributed by atoms with Gasteiger partial charge in [-0.25, -0.2) is 29.3 Å². The molecule has 6 aromatic rings. The molecule has 0 atom stereocenters. The number of carbonyl (C=O) groups is 2. The third kappa shape index (κ3) is 12.3. The molecule has 0 fully saturated rings. The number of benzene rings is 2. The van der Waals surface area contributed by atoms with E-state index >= 15 is 0 Å². The summed E-state index contributed by atoms with van der Waals surface area (Å²) in [6.07, 6.45) is 8.85. The van der Waals surface area contributed by atoms with Gasteiger partial charge in [-0.05, 0) is 86.1 Å². The lowest BCUT2D eigenvalue weighted by Gasteiger charge is -2.03. The van der Waals surface area contributed by atoms with E-state index in [1.54, 1.807) is 12.1 Å². The number of aromatic nitrogens is 8. The average Bonchev–Trinajstić information content (AvgIpc) is 3.78. The first-order valence-corrected chi connectivity index (χ1v) is 17.4. The van der Waals surface area contributed by atoms with Gasteiger partial charge in [0.25, 0.3) is 11.8 Å². The van der Waals surface area contributed by atoms with E-state index in [2.05, 4.69) is 58.2 Å². The zero-order chi connectivity index (χ0) is 39.5. The highest BCUT2D eigenvalue weighted by Crippen LogP contribution is 2.21. The molecule has 0 unspecified atom stereocenters. The van der Waals surface area contributed by atoms with E-state index in [-0.39, 0.29) is 10.1 Å². The molecule has 0 spiro atoms. The van der Waals surface area contributed by atoms with E-state index in [0.29, 0.717) is 33.0 Å². The molecule has 6 N–H and O–H groups in total. The second-order valence-corrected chi connectivity index (χ2v) is 13.4. The molecule has 6 rings (SSSR count). The molecular formula is C36H34BBrCl2N10O4. The number of halogens is 3. The Kier molecular flexibility index (Phi) is 14.5. The minimum atomic E-state index is -1.47. The van der Waals surface area contributed by atoms with E-state index in [0.717, 1.165) is 33.4 Å². The van der Waals surface area contributed by atoms with Crippen molar-refractivity contribution in [3.63, 3.8) is 0 Å². The first-order valence-electron chi connectivity index (χ1n) is 15.9. The van der Waals surface area contributed by atoms with Gasteiger partial charge in [0.05, 0.1) is 11.8 Å². The van der Waals surface area contributed by atoms with Crippen molar-refractivity contribution in [1.82, 2.24) is 39.5 Å². The number of primary amides is 2. The molecule has 2 amide bonds. The lowest BCUT2D eigenvalue weighted by Crippen LogP contribution is -2.29. The highest BCUT2D eigenvalue weighted by molar-refractivity contribution is 9.12. The molecule has 0 saturated carbocycles. The summed E-state index contributed by atoms with van der Waals surface area (Å²) in [6, 6.07) is 18.5. The van der Waals surface area contributed by atoms with Crippen LogP contribution in [0.25, 0.3) is 40.7 Å². The fourth-order valence-corrected chi connectivity index (χ4v) is 5.25. The third-order valence-corrected chi connectivity index (χ3v) is 8.11. The number of nitrogens with two attached hydrogens (primary N) is 2. The smallest absolute Gasteiger partial charge is 0.423 e. The van der Waals surface area contributed by atoms with Crippen molar-refractivity contribution in [2.75, 3.05) is 0 Å². The summed E-state index contributed by atoms with van der Waals surface area (Å²) in [5, 5.41) is 26.5. The average molecular weight is 832 g/mol. The molecule has 2 aromatic carbocycles. The van der Waals surface area contributed by atoms with E-state index in [4.69, 9.17) is 44.7 Å². The Bertz CT molecular complexity index is 2270. The standard InChI is InChI=1S/C18H16ClN5O.C13H13BrN4O.C5H5BClNO2/c1-11-5-12(2)7-14(6-11)18-22-10-24(23-18)9-15(17(20)25)13-3-4-16(19)21-8-13;1-8-3-9(2)5-10(4-8)13-16-7-18(17-13)6-11(14)12(15)19;7-5-2-1-4(3-8-5)6(9)10/h3-10H,1-2H3,(H2,20,25);3-7H,1-2H3,(H2,15,19);1-3,9-10H/b15-9+;11-6-;. The van der Waals surface area contributed by atoms with Crippen molar-refractivity contribution >= 4 is 81.5 Å². The van der Waals surface area contributed by atoms with Gasteiger partial charge in [-0.3, -0.25) is 9.59 Å². The van der Waals surface area contributed by atoms with Crippen LogP contribution < -0.4 is 16.9 Å². The van der Waals surface area contributed by atoms with Gasteiger partial charge in [0.1, 0.15) is 27.4 Å². The maximum absolute atomic E-state index is 11.8. The predicted molar refractivity (Wildman–Crippen MR) is 214 cm³/mol. The van der Waals surface area contributed by atoms with Crippen LogP contribution in [0.5, 0.6) is 0 Å². The maximum atomic E-state index is 11.8. The van der Waals surface area contributed by atoms with Gasteiger partial charge in [-0.15, -0.1) is 10.2 Å². The fourth-order valence-electron chi connectivity index (χ4n) is 4.81. The van der Waals surface area contributed by atoms with Crippen molar-refractivity contribution in [3.05, 3.63) is 128 Å². The minimum Gasteiger partial charge on any atom is -0.423 e. The monoisotopic (exact) mass is 830 g/mol. The number of rotatable bonds is 8. The van der Waals surface area contributed by atoms with Crippen LogP contribution in [0.1, 0.15) is 27.8 Å². The van der Waals surface area contributed by atoms with Gasteiger partial charge < -0.3 is 21.5 Å². The summed E-state index contributed by atoms with van der Waals surface area (Å²) in [7, 11) is -1.47. The van der Waals surface area contributed by atoms with Crippen LogP contribution in [0.2, 0.25) is 10.3 Å². The predicted octanol–water partition coefficient (Wildman–Crippen LogP) is 4.75. The Hall–Kier alpha value is -5.52. The van der Waals surface area contributed by atoms with Crippen LogP contribution in [0.4, 0.5) is 0 Å². The zero-order valence-electron chi connectivity index (χ0n) is 29.4. The van der Waals surface area contributed by atoms with Crippen LogP contribution in [0.3, 0.4) is 0 Å². The van der Waals surface area contributed by atoms with Gasteiger partial charge in [-0.2, -0.15) is 0 Å². The SMILES string of the molecule is Cc1cc(C)cc(-c2ncn(/C=C(/C(N)=O)c3ccc(Cl)nc3)n2)c1.Cc1cc(C)cc(-c2ncn(/C=C(\Br)C(N)=O)n2)c1.OB(O)c1ccc(Cl)nc1. The largest absolute Gasteiger partial charge is 0.490 e. The van der Waals surface area contributed by atoms with Crippen molar-refractivity contribution in [2.24, 2.45) is 11.5 Å². The summed E-state index contributed by atoms with van der Waals surface area (Å²) >= 11 is 14.3. The lowest BCUT2D eigenvalue weighted by molar-refractivity contribution is -0.114. The van der Waals surface area contributed by atoms with E-state index in [1.165, 1.54) is 58.9 Å². The van der Waals surface area contributed by atoms with E-state index in [9.17, 15) is 9.59 Å². The molecule has 0 radical (unpaired) electrons. The first kappa shape index (κ1) is 41.2. The zero-order valence-corrected chi connectivity index (χ0v) is 32.5. The van der Waals surface area contributed by atoms with Crippen LogP contribution in [0.15, 0.2) is 90.2 Å². The van der Waals surface area contributed by atoms with E-state index in [1.807, 2.05) is 52.0 Å². The Balaban J connectivity index is 0.000000197. The topological polar surface area (TPSA) is 214 Å². The second-order valence-electron chi connectivity index (χ2n) is 11.8. The molecule has 54 heavy (non-hydrogen) atoms. The molecule has 0 aliphatic carbocycles. The quantitative estimate of drug-likeness (QED) is 0.0939. The van der Waals surface area contributed by atoms with Crippen LogP contribution in [-0.2, 0) is 9.59 Å². The first-order chi connectivity index (χ1) is 25.6. The Morgan fingerprint density at radius 3 is 1.54 bits per heavy atom. The van der Waals surface area contributed by atoms with Gasteiger partial charge in [0.15, 0.2) is 11.6 Å². The number of amides is 2. The Labute approximate surface area is 329 Å². The van der Waals surface area contributed by atoms with Crippen LogP contribution in [-0.4, -0.2) is 68.5 Å². The Morgan fingerprint density at radius 2 is 1.15 bits per heavy atom. The molecule has 18 heteroatoms. The number of hydrogen-bond acceptors (Lipinski definition) is 10. The molecule has 0 aliphatic heterocycles. The number of hydrogen-bond donors (Lipinski definition) is 4. The number of pyridine rings is 2. The third-order valence-electron chi connectivity index (χ3n) is 7.07. The second kappa shape index (κ2) is 19.0. The van der Waals surface area contributed by atoms with Crippen molar-refractivity contribution in [1.29, 1.82) is 0 Å². The molecule has 0 aliphatic rings. The van der Waals surface area contributed by atoms with Gasteiger partial charge in [0.2, 0.25) is 0 Å². The summed E-state index contributed by atoms with van der Waals surface area (Å²) in [5.41, 5.74) is 18.2. The van der Waals surface area contributed by atoms with Crippen molar-refractivity contribution in [2.45, 2.75) is 27.7 Å². The van der Waals surface area contributed by atoms with Crippen molar-refractivity contribution < 1.29 is 19.6 Å². The minimum absolute atomic E-state index is 0.240. The molecule has 0 saturated heterocycles. The Morgan fingerprint density at radius 1 is 0.685 bits per heavy atom. The van der Waals surface area contributed by atoms with Gasteiger partial charge in [0, 0.05) is 40.7 Å².